The largest absolute Gasteiger partial charge is 0.508 e. The standard InChI is InChI=1S/C12H9N5O3/c13-5-9-10(15-17-11(9)19)12(20)16-14-6-7-2-1-3-8(18)4-7/h1-4,6,9,18H,(H,16,20)(H,17,19)/b14-6+. The summed E-state index contributed by atoms with van der Waals surface area (Å²) in [5, 5.41) is 25.1. The molecule has 0 bridgehead atoms. The monoisotopic (exact) mass is 271 g/mol. The van der Waals surface area contributed by atoms with Gasteiger partial charge < -0.3 is 5.11 Å². The van der Waals surface area contributed by atoms with Gasteiger partial charge in [-0.1, -0.05) is 12.1 Å². The Morgan fingerprint density at radius 1 is 1.60 bits per heavy atom. The van der Waals surface area contributed by atoms with Crippen LogP contribution >= 0.6 is 0 Å². The molecule has 100 valence electrons. The number of rotatable bonds is 3. The predicted octanol–water partition coefficient (Wildman–Crippen LogP) is -0.532. The van der Waals surface area contributed by atoms with Crippen LogP contribution < -0.4 is 10.9 Å². The van der Waals surface area contributed by atoms with Gasteiger partial charge in [-0.3, -0.25) is 9.59 Å². The molecule has 1 unspecified atom stereocenters. The quantitative estimate of drug-likeness (QED) is 0.504. The number of hydrogen-bond acceptors (Lipinski definition) is 6. The second-order valence-electron chi connectivity index (χ2n) is 3.83. The topological polar surface area (TPSA) is 127 Å². The lowest BCUT2D eigenvalue weighted by Gasteiger charge is -2.00. The third-order valence-corrected chi connectivity index (χ3v) is 2.43. The molecule has 0 aliphatic carbocycles. The number of benzene rings is 1. The molecule has 1 aliphatic heterocycles. The lowest BCUT2D eigenvalue weighted by molar-refractivity contribution is -0.121. The van der Waals surface area contributed by atoms with E-state index < -0.39 is 17.7 Å². The van der Waals surface area contributed by atoms with Gasteiger partial charge in [0.05, 0.1) is 12.3 Å². The van der Waals surface area contributed by atoms with E-state index in [-0.39, 0.29) is 11.5 Å². The predicted molar refractivity (Wildman–Crippen MR) is 68.5 cm³/mol. The van der Waals surface area contributed by atoms with Crippen molar-refractivity contribution in [2.24, 2.45) is 16.1 Å². The Bertz CT molecular complexity index is 659. The second-order valence-corrected chi connectivity index (χ2v) is 3.83. The molecular weight excluding hydrogens is 262 g/mol. The molecule has 0 saturated heterocycles. The molecule has 20 heavy (non-hydrogen) atoms. The van der Waals surface area contributed by atoms with Crippen LogP contribution in [0.25, 0.3) is 0 Å². The zero-order chi connectivity index (χ0) is 14.5. The van der Waals surface area contributed by atoms with Crippen molar-refractivity contribution in [1.82, 2.24) is 10.9 Å². The van der Waals surface area contributed by atoms with Crippen molar-refractivity contribution in [1.29, 1.82) is 5.26 Å². The number of nitrogens with zero attached hydrogens (tertiary/aromatic N) is 3. The van der Waals surface area contributed by atoms with Gasteiger partial charge in [0.1, 0.15) is 5.75 Å². The van der Waals surface area contributed by atoms with E-state index in [1.165, 1.54) is 18.3 Å². The Labute approximate surface area is 113 Å². The molecule has 8 heteroatoms. The number of nitriles is 1. The molecule has 1 aromatic carbocycles. The molecule has 2 rings (SSSR count). The van der Waals surface area contributed by atoms with Crippen molar-refractivity contribution in [3.05, 3.63) is 29.8 Å². The molecule has 1 aromatic rings. The van der Waals surface area contributed by atoms with E-state index in [2.05, 4.69) is 15.6 Å². The first-order chi connectivity index (χ1) is 9.61. The van der Waals surface area contributed by atoms with Crippen molar-refractivity contribution in [2.45, 2.75) is 0 Å². The van der Waals surface area contributed by atoms with Crippen LogP contribution in [0, 0.1) is 17.2 Å². The SMILES string of the molecule is N#CC1C(=O)NN=C1C(=O)N/N=C/c1cccc(O)c1. The van der Waals surface area contributed by atoms with Crippen molar-refractivity contribution in [3.8, 4) is 11.8 Å². The number of nitrogens with one attached hydrogen (secondary N) is 2. The molecule has 2 amide bonds. The minimum absolute atomic E-state index is 0.0692. The summed E-state index contributed by atoms with van der Waals surface area (Å²) in [5.74, 6) is -2.55. The van der Waals surface area contributed by atoms with Gasteiger partial charge in [0.2, 0.25) is 0 Å². The van der Waals surface area contributed by atoms with Crippen LogP contribution in [0.4, 0.5) is 0 Å². The molecular formula is C12H9N5O3. The Hall–Kier alpha value is -3.21. The van der Waals surface area contributed by atoms with E-state index in [9.17, 15) is 14.7 Å². The van der Waals surface area contributed by atoms with Crippen molar-refractivity contribution in [2.75, 3.05) is 0 Å². The molecule has 0 saturated carbocycles. The Balaban J connectivity index is 2.00. The fraction of sp³-hybridized carbons (Fsp3) is 0.0833. The zero-order valence-electron chi connectivity index (χ0n) is 10.1. The minimum atomic E-state index is -1.23. The van der Waals surface area contributed by atoms with Crippen molar-refractivity contribution < 1.29 is 14.7 Å². The number of carbonyl (C=O) groups is 2. The van der Waals surface area contributed by atoms with Gasteiger partial charge in [-0.05, 0) is 17.7 Å². The molecule has 0 spiro atoms. The van der Waals surface area contributed by atoms with Crippen molar-refractivity contribution >= 4 is 23.7 Å². The lowest BCUT2D eigenvalue weighted by atomic mass is 10.1. The van der Waals surface area contributed by atoms with E-state index in [0.29, 0.717) is 5.56 Å². The van der Waals surface area contributed by atoms with E-state index in [0.717, 1.165) is 0 Å². The number of phenolic OH excluding ortho intramolecular Hbond substituents is 1. The first kappa shape index (κ1) is 13.2. The van der Waals surface area contributed by atoms with Gasteiger partial charge in [0.15, 0.2) is 11.6 Å². The summed E-state index contributed by atoms with van der Waals surface area (Å²) >= 11 is 0. The second kappa shape index (κ2) is 5.62. The van der Waals surface area contributed by atoms with Crippen LogP contribution in [-0.2, 0) is 9.59 Å². The zero-order valence-corrected chi connectivity index (χ0v) is 10.1. The van der Waals surface area contributed by atoms with E-state index in [1.807, 2.05) is 5.43 Å². The third-order valence-electron chi connectivity index (χ3n) is 2.43. The summed E-state index contributed by atoms with van der Waals surface area (Å²) in [7, 11) is 0. The minimum Gasteiger partial charge on any atom is -0.508 e. The highest BCUT2D eigenvalue weighted by atomic mass is 16.3. The normalized spacial score (nSPS) is 17.4. The summed E-state index contributed by atoms with van der Waals surface area (Å²) in [6.07, 6.45) is 1.31. The average Bonchev–Trinajstić information content (AvgIpc) is 2.80. The number of hydrogen-bond donors (Lipinski definition) is 3. The maximum atomic E-state index is 11.7. The summed E-state index contributed by atoms with van der Waals surface area (Å²) < 4.78 is 0. The summed E-state index contributed by atoms with van der Waals surface area (Å²) in [6.45, 7) is 0. The third kappa shape index (κ3) is 2.78. The van der Waals surface area contributed by atoms with Crippen LogP contribution in [0.3, 0.4) is 0 Å². The molecule has 1 heterocycles. The van der Waals surface area contributed by atoms with E-state index >= 15 is 0 Å². The number of amides is 2. The van der Waals surface area contributed by atoms with Gasteiger partial charge in [-0.15, -0.1) is 0 Å². The highest BCUT2D eigenvalue weighted by molar-refractivity contribution is 6.45. The highest BCUT2D eigenvalue weighted by Crippen LogP contribution is 2.09. The van der Waals surface area contributed by atoms with Gasteiger partial charge in [0.25, 0.3) is 11.8 Å². The number of hydrazone groups is 2. The van der Waals surface area contributed by atoms with E-state index in [4.69, 9.17) is 5.26 Å². The average molecular weight is 271 g/mol. The first-order valence-corrected chi connectivity index (χ1v) is 5.51. The van der Waals surface area contributed by atoms with Gasteiger partial charge in [-0.2, -0.15) is 15.5 Å². The molecule has 8 nitrogen and oxygen atoms in total. The molecule has 0 radical (unpaired) electrons. The lowest BCUT2D eigenvalue weighted by Crippen LogP contribution is -2.33. The fourth-order valence-corrected chi connectivity index (χ4v) is 1.50. The highest BCUT2D eigenvalue weighted by Gasteiger charge is 2.34. The van der Waals surface area contributed by atoms with Crippen LogP contribution in [0.15, 0.2) is 34.5 Å². The summed E-state index contributed by atoms with van der Waals surface area (Å²) in [4.78, 5) is 22.8. The van der Waals surface area contributed by atoms with Crippen LogP contribution in [0.2, 0.25) is 0 Å². The number of phenols is 1. The molecule has 0 aromatic heterocycles. The smallest absolute Gasteiger partial charge is 0.289 e. The van der Waals surface area contributed by atoms with Crippen LogP contribution in [0.1, 0.15) is 5.56 Å². The number of carbonyl (C=O) groups excluding carboxylic acids is 2. The molecule has 1 atom stereocenters. The fourth-order valence-electron chi connectivity index (χ4n) is 1.50. The number of aromatic hydroxyl groups is 1. The Morgan fingerprint density at radius 3 is 3.10 bits per heavy atom. The van der Waals surface area contributed by atoms with Crippen LogP contribution in [-0.4, -0.2) is 28.8 Å². The molecule has 0 fully saturated rings. The Kier molecular flexibility index (Phi) is 3.72. The molecule has 1 aliphatic rings. The van der Waals surface area contributed by atoms with E-state index in [1.54, 1.807) is 18.2 Å². The summed E-state index contributed by atoms with van der Waals surface area (Å²) in [6, 6.07) is 7.91. The Morgan fingerprint density at radius 2 is 2.40 bits per heavy atom. The van der Waals surface area contributed by atoms with Crippen LogP contribution in [0.5, 0.6) is 5.75 Å². The maximum absolute atomic E-state index is 11.7. The van der Waals surface area contributed by atoms with Crippen molar-refractivity contribution in [3.63, 3.8) is 0 Å². The molecule has 3 N–H and O–H groups in total. The van der Waals surface area contributed by atoms with Gasteiger partial charge in [0, 0.05) is 0 Å². The first-order valence-electron chi connectivity index (χ1n) is 5.51. The van der Waals surface area contributed by atoms with Gasteiger partial charge in [-0.25, -0.2) is 10.9 Å². The van der Waals surface area contributed by atoms with Gasteiger partial charge >= 0.3 is 0 Å². The summed E-state index contributed by atoms with van der Waals surface area (Å²) in [5.41, 5.74) is 4.54. The maximum Gasteiger partial charge on any atom is 0.289 e.